The van der Waals surface area contributed by atoms with Crippen LogP contribution in [0.15, 0.2) is 146 Å². The van der Waals surface area contributed by atoms with Crippen LogP contribution in [0.4, 0.5) is 0 Å². The first-order valence-corrected chi connectivity index (χ1v) is 14.2. The Hall–Kier alpha value is -5.34. The van der Waals surface area contributed by atoms with Crippen LogP contribution in [-0.4, -0.2) is 14.2 Å². The second-order valence-corrected chi connectivity index (χ2v) is 10.5. The average Bonchev–Trinajstić information content (AvgIpc) is 3.07. The first-order chi connectivity index (χ1) is 20.7. The van der Waals surface area contributed by atoms with E-state index in [0.717, 1.165) is 22.6 Å². The number of fused-ring (bicyclic) bond motifs is 2. The zero-order valence-electron chi connectivity index (χ0n) is 23.7. The molecule has 7 aromatic rings. The number of methoxy groups -OCH3 is 2. The third kappa shape index (κ3) is 4.57. The lowest BCUT2D eigenvalue weighted by atomic mass is 9.84. The molecule has 0 aliphatic carbocycles. The zero-order valence-corrected chi connectivity index (χ0v) is 23.7. The summed E-state index contributed by atoms with van der Waals surface area (Å²) >= 11 is 0. The summed E-state index contributed by atoms with van der Waals surface area (Å²) in [5.74, 6) is 1.69. The maximum atomic E-state index is 5.51. The number of rotatable bonds is 6. The molecule has 202 valence electrons. The van der Waals surface area contributed by atoms with Crippen LogP contribution in [-0.2, 0) is 0 Å². The molecule has 0 aliphatic rings. The highest BCUT2D eigenvalue weighted by atomic mass is 16.5. The van der Waals surface area contributed by atoms with Gasteiger partial charge in [-0.2, -0.15) is 0 Å². The second kappa shape index (κ2) is 10.9. The van der Waals surface area contributed by atoms with Crippen molar-refractivity contribution in [3.8, 4) is 56.0 Å². The summed E-state index contributed by atoms with van der Waals surface area (Å²) in [5, 5.41) is 4.85. The SMILES string of the molecule is COc1ccc(-c2c3ccc(-c4ccccc4)cc3c(-c3ccc(OC)cc3)c3ccc(-c4ccccc4)cc23)cc1. The Morgan fingerprint density at radius 1 is 0.310 bits per heavy atom. The minimum Gasteiger partial charge on any atom is -0.497 e. The van der Waals surface area contributed by atoms with Gasteiger partial charge in [-0.25, -0.2) is 0 Å². The van der Waals surface area contributed by atoms with Crippen LogP contribution in [0, 0.1) is 0 Å². The van der Waals surface area contributed by atoms with Crippen molar-refractivity contribution >= 4 is 21.5 Å². The standard InChI is InChI=1S/C40H30O2/c1-41-33-19-13-29(14-20-33)39-35-23-17-32(28-11-7-4-8-12-28)26-38(35)40(30-15-21-34(42-2)22-16-30)36-24-18-31(25-37(36)39)27-9-5-3-6-10-27/h3-26H,1-2H3. The van der Waals surface area contributed by atoms with Gasteiger partial charge < -0.3 is 9.47 Å². The van der Waals surface area contributed by atoms with Gasteiger partial charge in [0.05, 0.1) is 14.2 Å². The highest BCUT2D eigenvalue weighted by molar-refractivity contribution is 6.22. The summed E-state index contributed by atoms with van der Waals surface area (Å²) in [6, 6.07) is 51.8. The van der Waals surface area contributed by atoms with Gasteiger partial charge in [-0.3, -0.25) is 0 Å². The van der Waals surface area contributed by atoms with Crippen molar-refractivity contribution in [2.45, 2.75) is 0 Å². The Balaban J connectivity index is 1.61. The highest BCUT2D eigenvalue weighted by Gasteiger charge is 2.18. The van der Waals surface area contributed by atoms with E-state index >= 15 is 0 Å². The summed E-state index contributed by atoms with van der Waals surface area (Å²) in [7, 11) is 3.42. The van der Waals surface area contributed by atoms with E-state index in [-0.39, 0.29) is 0 Å². The van der Waals surface area contributed by atoms with Crippen LogP contribution >= 0.6 is 0 Å². The van der Waals surface area contributed by atoms with Gasteiger partial charge in [0.2, 0.25) is 0 Å². The van der Waals surface area contributed by atoms with Crippen LogP contribution < -0.4 is 9.47 Å². The van der Waals surface area contributed by atoms with Gasteiger partial charge in [-0.15, -0.1) is 0 Å². The number of hydrogen-bond donors (Lipinski definition) is 0. The molecule has 7 aromatic carbocycles. The van der Waals surface area contributed by atoms with Gasteiger partial charge in [0, 0.05) is 0 Å². The zero-order chi connectivity index (χ0) is 28.5. The summed E-state index contributed by atoms with van der Waals surface area (Å²) in [6.07, 6.45) is 0. The van der Waals surface area contributed by atoms with E-state index in [1.54, 1.807) is 14.2 Å². The van der Waals surface area contributed by atoms with Crippen molar-refractivity contribution in [3.05, 3.63) is 146 Å². The van der Waals surface area contributed by atoms with Crippen LogP contribution in [0.5, 0.6) is 11.5 Å². The fraction of sp³-hybridized carbons (Fsp3) is 0.0500. The summed E-state index contributed by atoms with van der Waals surface area (Å²) in [6.45, 7) is 0. The molecule has 0 saturated carbocycles. The lowest BCUT2D eigenvalue weighted by molar-refractivity contribution is 0.415. The second-order valence-electron chi connectivity index (χ2n) is 10.5. The van der Waals surface area contributed by atoms with Crippen LogP contribution in [0.2, 0.25) is 0 Å². The molecule has 0 aliphatic heterocycles. The smallest absolute Gasteiger partial charge is 0.118 e. The van der Waals surface area contributed by atoms with Crippen molar-refractivity contribution in [1.29, 1.82) is 0 Å². The Labute approximate surface area is 246 Å². The molecule has 0 fully saturated rings. The Morgan fingerprint density at radius 2 is 0.667 bits per heavy atom. The number of ether oxygens (including phenoxy) is 2. The molecule has 7 rings (SSSR count). The molecule has 0 aromatic heterocycles. The maximum Gasteiger partial charge on any atom is 0.118 e. The normalized spacial score (nSPS) is 11.1. The fourth-order valence-corrected chi connectivity index (χ4v) is 5.99. The molecule has 0 radical (unpaired) electrons. The van der Waals surface area contributed by atoms with Gasteiger partial charge >= 0.3 is 0 Å². The van der Waals surface area contributed by atoms with Gasteiger partial charge in [0.25, 0.3) is 0 Å². The van der Waals surface area contributed by atoms with Gasteiger partial charge in [-0.1, -0.05) is 109 Å². The molecule has 0 amide bonds. The minimum atomic E-state index is 0.846. The van der Waals surface area contributed by atoms with Crippen molar-refractivity contribution < 1.29 is 9.47 Å². The van der Waals surface area contributed by atoms with Crippen molar-refractivity contribution in [3.63, 3.8) is 0 Å². The van der Waals surface area contributed by atoms with Gasteiger partial charge in [0.1, 0.15) is 11.5 Å². The van der Waals surface area contributed by atoms with Crippen molar-refractivity contribution in [1.82, 2.24) is 0 Å². The third-order valence-corrected chi connectivity index (χ3v) is 8.09. The fourth-order valence-electron chi connectivity index (χ4n) is 5.99. The minimum absolute atomic E-state index is 0.846. The molecule has 0 atom stereocenters. The van der Waals surface area contributed by atoms with Crippen molar-refractivity contribution in [2.75, 3.05) is 14.2 Å². The summed E-state index contributed by atoms with van der Waals surface area (Å²) < 4.78 is 11.0. The number of hydrogen-bond acceptors (Lipinski definition) is 2. The van der Waals surface area contributed by atoms with Gasteiger partial charge in [-0.05, 0) is 102 Å². The molecule has 0 saturated heterocycles. The monoisotopic (exact) mass is 542 g/mol. The largest absolute Gasteiger partial charge is 0.497 e. The molecule has 0 spiro atoms. The maximum absolute atomic E-state index is 5.51. The third-order valence-electron chi connectivity index (χ3n) is 8.09. The van der Waals surface area contributed by atoms with E-state index in [2.05, 4.69) is 121 Å². The van der Waals surface area contributed by atoms with Crippen LogP contribution in [0.1, 0.15) is 0 Å². The Morgan fingerprint density at radius 3 is 1.02 bits per heavy atom. The van der Waals surface area contributed by atoms with E-state index in [9.17, 15) is 0 Å². The summed E-state index contributed by atoms with van der Waals surface area (Å²) in [4.78, 5) is 0. The van der Waals surface area contributed by atoms with E-state index in [0.29, 0.717) is 0 Å². The molecule has 0 unspecified atom stereocenters. The molecule has 0 heterocycles. The molecule has 2 heteroatoms. The quantitative estimate of drug-likeness (QED) is 0.195. The molecule has 0 bridgehead atoms. The number of benzene rings is 7. The van der Waals surface area contributed by atoms with E-state index < -0.39 is 0 Å². The van der Waals surface area contributed by atoms with E-state index in [1.165, 1.54) is 54.9 Å². The molecular formula is C40H30O2. The van der Waals surface area contributed by atoms with Gasteiger partial charge in [0.15, 0.2) is 0 Å². The lowest BCUT2D eigenvalue weighted by Gasteiger charge is -2.20. The molecule has 42 heavy (non-hydrogen) atoms. The first kappa shape index (κ1) is 25.6. The first-order valence-electron chi connectivity index (χ1n) is 14.2. The molecule has 0 N–H and O–H groups in total. The van der Waals surface area contributed by atoms with E-state index in [1.807, 2.05) is 24.3 Å². The van der Waals surface area contributed by atoms with Crippen molar-refractivity contribution in [2.24, 2.45) is 0 Å². The average molecular weight is 543 g/mol. The predicted octanol–water partition coefficient (Wildman–Crippen LogP) is 10.7. The summed E-state index contributed by atoms with van der Waals surface area (Å²) in [5.41, 5.74) is 9.54. The highest BCUT2D eigenvalue weighted by Crippen LogP contribution is 2.46. The Bertz CT molecular complexity index is 1860. The Kier molecular flexibility index (Phi) is 6.65. The molecule has 2 nitrogen and oxygen atoms in total. The van der Waals surface area contributed by atoms with Crippen LogP contribution in [0.3, 0.4) is 0 Å². The van der Waals surface area contributed by atoms with E-state index in [4.69, 9.17) is 9.47 Å². The lowest BCUT2D eigenvalue weighted by Crippen LogP contribution is -1.93. The predicted molar refractivity (Wildman–Crippen MR) is 176 cm³/mol. The molecular weight excluding hydrogens is 512 g/mol. The topological polar surface area (TPSA) is 18.5 Å². The van der Waals surface area contributed by atoms with Crippen LogP contribution in [0.25, 0.3) is 66.1 Å².